The smallest absolute Gasteiger partial charge is 0.159 e. The summed E-state index contributed by atoms with van der Waals surface area (Å²) in [7, 11) is 0. The summed E-state index contributed by atoms with van der Waals surface area (Å²) in [4.78, 5) is 14.2. The topological polar surface area (TPSA) is 20.3 Å². The standard InChI is InChI=1S/C15H23NO/c1-10-11(2)15-9-12(17)7-8-16(15)14-6-4-3-5-13(10)14/h9-11,13-14H,3-8H2,1-2H3. The second-order valence-corrected chi connectivity index (χ2v) is 6.14. The molecule has 0 N–H and O–H groups in total. The lowest BCUT2D eigenvalue weighted by molar-refractivity contribution is -0.116. The van der Waals surface area contributed by atoms with Crippen molar-refractivity contribution in [1.82, 2.24) is 4.90 Å². The van der Waals surface area contributed by atoms with Gasteiger partial charge in [-0.25, -0.2) is 0 Å². The molecule has 0 aromatic rings. The highest BCUT2D eigenvalue weighted by Gasteiger charge is 2.43. The first-order valence-corrected chi connectivity index (χ1v) is 7.19. The summed E-state index contributed by atoms with van der Waals surface area (Å²) in [5, 5.41) is 0. The molecule has 2 fully saturated rings. The molecule has 4 atom stereocenters. The summed E-state index contributed by atoms with van der Waals surface area (Å²) in [6.45, 7) is 5.68. The zero-order chi connectivity index (χ0) is 12.0. The predicted octanol–water partition coefficient (Wildman–Crippen LogP) is 2.99. The van der Waals surface area contributed by atoms with E-state index < -0.39 is 0 Å². The summed E-state index contributed by atoms with van der Waals surface area (Å²) < 4.78 is 0. The Balaban J connectivity index is 1.95. The van der Waals surface area contributed by atoms with Crippen molar-refractivity contribution >= 4 is 5.78 Å². The molecule has 3 aliphatic rings. The number of carbonyl (C=O) groups excluding carboxylic acids is 1. The fourth-order valence-electron chi connectivity index (χ4n) is 4.21. The maximum atomic E-state index is 11.6. The molecule has 2 aliphatic heterocycles. The zero-order valence-electron chi connectivity index (χ0n) is 11.0. The Morgan fingerprint density at radius 3 is 2.82 bits per heavy atom. The Morgan fingerprint density at radius 2 is 2.00 bits per heavy atom. The summed E-state index contributed by atoms with van der Waals surface area (Å²) >= 11 is 0. The van der Waals surface area contributed by atoms with Crippen LogP contribution >= 0.6 is 0 Å². The molecule has 1 saturated carbocycles. The van der Waals surface area contributed by atoms with Crippen molar-refractivity contribution in [2.75, 3.05) is 6.54 Å². The van der Waals surface area contributed by atoms with Crippen LogP contribution in [0.3, 0.4) is 0 Å². The zero-order valence-corrected chi connectivity index (χ0v) is 11.0. The van der Waals surface area contributed by atoms with Gasteiger partial charge in [-0.2, -0.15) is 0 Å². The molecule has 0 radical (unpaired) electrons. The number of fused-ring (bicyclic) bond motifs is 3. The first-order valence-electron chi connectivity index (χ1n) is 7.19. The highest BCUT2D eigenvalue weighted by Crippen LogP contribution is 2.46. The SMILES string of the molecule is CC1C2=CC(=O)CCN2C2CCCCC2C1C. The van der Waals surface area contributed by atoms with E-state index in [0.29, 0.717) is 11.7 Å². The van der Waals surface area contributed by atoms with E-state index >= 15 is 0 Å². The Labute approximate surface area is 104 Å². The third-order valence-corrected chi connectivity index (χ3v) is 5.35. The van der Waals surface area contributed by atoms with E-state index in [1.807, 2.05) is 6.08 Å². The molecular weight excluding hydrogens is 210 g/mol. The van der Waals surface area contributed by atoms with Gasteiger partial charge in [0.05, 0.1) is 0 Å². The lowest BCUT2D eigenvalue weighted by atomic mass is 9.67. The predicted molar refractivity (Wildman–Crippen MR) is 68.5 cm³/mol. The van der Waals surface area contributed by atoms with Crippen LogP contribution < -0.4 is 0 Å². The minimum Gasteiger partial charge on any atom is -0.371 e. The van der Waals surface area contributed by atoms with Gasteiger partial charge < -0.3 is 4.90 Å². The van der Waals surface area contributed by atoms with Crippen molar-refractivity contribution in [3.05, 3.63) is 11.8 Å². The third-order valence-electron chi connectivity index (χ3n) is 5.35. The lowest BCUT2D eigenvalue weighted by Gasteiger charge is -2.53. The molecular formula is C15H23NO. The van der Waals surface area contributed by atoms with Crippen molar-refractivity contribution in [2.45, 2.75) is 52.0 Å². The molecule has 1 saturated heterocycles. The van der Waals surface area contributed by atoms with Gasteiger partial charge in [-0.15, -0.1) is 0 Å². The molecule has 0 amide bonds. The Bertz CT molecular complexity index is 360. The van der Waals surface area contributed by atoms with Crippen molar-refractivity contribution in [3.8, 4) is 0 Å². The van der Waals surface area contributed by atoms with Gasteiger partial charge in [-0.05, 0) is 30.6 Å². The normalized spacial score (nSPS) is 41.6. The number of allylic oxidation sites excluding steroid dienone is 2. The van der Waals surface area contributed by atoms with Crippen LogP contribution in [0, 0.1) is 17.8 Å². The number of ketones is 1. The van der Waals surface area contributed by atoms with Crippen LogP contribution in [-0.4, -0.2) is 23.3 Å². The van der Waals surface area contributed by atoms with E-state index in [1.165, 1.54) is 31.4 Å². The average molecular weight is 233 g/mol. The summed E-state index contributed by atoms with van der Waals surface area (Å²) in [5.41, 5.74) is 1.34. The molecule has 17 heavy (non-hydrogen) atoms. The molecule has 4 unspecified atom stereocenters. The van der Waals surface area contributed by atoms with Crippen LogP contribution in [0.1, 0.15) is 46.0 Å². The van der Waals surface area contributed by atoms with Gasteiger partial charge in [0, 0.05) is 30.8 Å². The van der Waals surface area contributed by atoms with Gasteiger partial charge in [0.1, 0.15) is 0 Å². The fourth-order valence-corrected chi connectivity index (χ4v) is 4.21. The lowest BCUT2D eigenvalue weighted by Crippen LogP contribution is -2.53. The molecule has 0 aromatic heterocycles. The van der Waals surface area contributed by atoms with Crippen LogP contribution in [0.15, 0.2) is 11.8 Å². The minimum absolute atomic E-state index is 0.338. The molecule has 0 aromatic carbocycles. The first-order chi connectivity index (χ1) is 8.18. The Morgan fingerprint density at radius 1 is 1.24 bits per heavy atom. The molecule has 2 nitrogen and oxygen atoms in total. The van der Waals surface area contributed by atoms with E-state index in [0.717, 1.165) is 30.8 Å². The van der Waals surface area contributed by atoms with Crippen molar-refractivity contribution in [2.24, 2.45) is 17.8 Å². The van der Waals surface area contributed by atoms with Crippen molar-refractivity contribution < 1.29 is 4.79 Å². The minimum atomic E-state index is 0.338. The molecule has 94 valence electrons. The van der Waals surface area contributed by atoms with E-state index in [4.69, 9.17) is 0 Å². The summed E-state index contributed by atoms with van der Waals surface area (Å²) in [5.74, 6) is 2.51. The van der Waals surface area contributed by atoms with E-state index in [2.05, 4.69) is 18.7 Å². The molecule has 2 heterocycles. The maximum Gasteiger partial charge on any atom is 0.159 e. The van der Waals surface area contributed by atoms with Crippen LogP contribution in [0.4, 0.5) is 0 Å². The Kier molecular flexibility index (Phi) is 2.76. The van der Waals surface area contributed by atoms with E-state index in [-0.39, 0.29) is 0 Å². The summed E-state index contributed by atoms with van der Waals surface area (Å²) in [6.07, 6.45) is 8.19. The van der Waals surface area contributed by atoms with Gasteiger partial charge in [-0.3, -0.25) is 4.79 Å². The van der Waals surface area contributed by atoms with Gasteiger partial charge in [0.2, 0.25) is 0 Å². The number of piperidine rings is 1. The number of carbonyl (C=O) groups is 1. The van der Waals surface area contributed by atoms with Gasteiger partial charge in [0.25, 0.3) is 0 Å². The van der Waals surface area contributed by atoms with Crippen molar-refractivity contribution in [3.63, 3.8) is 0 Å². The van der Waals surface area contributed by atoms with Gasteiger partial charge >= 0.3 is 0 Å². The molecule has 0 bridgehead atoms. The highest BCUT2D eigenvalue weighted by atomic mass is 16.1. The number of hydrogen-bond donors (Lipinski definition) is 0. The Hall–Kier alpha value is -0.790. The largest absolute Gasteiger partial charge is 0.371 e. The van der Waals surface area contributed by atoms with Crippen LogP contribution in [-0.2, 0) is 4.79 Å². The van der Waals surface area contributed by atoms with Crippen molar-refractivity contribution in [1.29, 1.82) is 0 Å². The van der Waals surface area contributed by atoms with Crippen LogP contribution in [0.5, 0.6) is 0 Å². The second kappa shape index (κ2) is 4.15. The maximum absolute atomic E-state index is 11.6. The molecule has 2 heteroatoms. The monoisotopic (exact) mass is 233 g/mol. The number of nitrogens with zero attached hydrogens (tertiary/aromatic N) is 1. The van der Waals surface area contributed by atoms with E-state index in [9.17, 15) is 4.79 Å². The van der Waals surface area contributed by atoms with Crippen LogP contribution in [0.25, 0.3) is 0 Å². The molecule has 0 spiro atoms. The molecule has 3 rings (SSSR count). The van der Waals surface area contributed by atoms with Crippen LogP contribution in [0.2, 0.25) is 0 Å². The molecule has 1 aliphatic carbocycles. The number of rotatable bonds is 0. The average Bonchev–Trinajstić information content (AvgIpc) is 2.36. The fraction of sp³-hybridized carbons (Fsp3) is 0.800. The summed E-state index contributed by atoms with van der Waals surface area (Å²) in [6, 6.07) is 0.731. The second-order valence-electron chi connectivity index (χ2n) is 6.14. The first kappa shape index (κ1) is 11.3. The van der Waals surface area contributed by atoms with Gasteiger partial charge in [-0.1, -0.05) is 26.7 Å². The quantitative estimate of drug-likeness (QED) is 0.641. The number of hydrogen-bond acceptors (Lipinski definition) is 2. The highest BCUT2D eigenvalue weighted by molar-refractivity contribution is 5.91. The van der Waals surface area contributed by atoms with Gasteiger partial charge in [0.15, 0.2) is 5.78 Å². The van der Waals surface area contributed by atoms with E-state index in [1.54, 1.807) is 0 Å². The third kappa shape index (κ3) is 1.73.